The largest absolute Gasteiger partial charge is 0.468 e. The zero-order valence-electron chi connectivity index (χ0n) is 10.3. The van der Waals surface area contributed by atoms with Gasteiger partial charge in [-0.1, -0.05) is 0 Å². The fourth-order valence-electron chi connectivity index (χ4n) is 1.45. The number of aromatic nitrogens is 1. The van der Waals surface area contributed by atoms with Crippen molar-refractivity contribution in [1.29, 1.82) is 0 Å². The second-order valence-electron chi connectivity index (χ2n) is 3.52. The van der Waals surface area contributed by atoms with Gasteiger partial charge in [0.05, 0.1) is 24.7 Å². The van der Waals surface area contributed by atoms with Crippen molar-refractivity contribution < 1.29 is 19.1 Å². The lowest BCUT2D eigenvalue weighted by Crippen LogP contribution is -2.02. The molecule has 0 fully saturated rings. The predicted octanol–water partition coefficient (Wildman–Crippen LogP) is 2.35. The lowest BCUT2D eigenvalue weighted by atomic mass is 10.3. The number of hydrogen-bond donors (Lipinski definition) is 0. The van der Waals surface area contributed by atoms with Gasteiger partial charge < -0.3 is 9.47 Å². The van der Waals surface area contributed by atoms with Gasteiger partial charge in [0.2, 0.25) is 0 Å². The number of ether oxygens (including phenoxy) is 2. The van der Waals surface area contributed by atoms with Crippen molar-refractivity contribution >= 4 is 45.1 Å². The number of esters is 2. The molecule has 0 bridgehead atoms. The molecule has 0 amide bonds. The fraction of sp³-hybridized carbons (Fsp3) is 0.250. The Bertz CT molecular complexity index is 623. The maximum atomic E-state index is 11.5. The molecular weight excluding hydrogens is 286 g/mol. The van der Waals surface area contributed by atoms with Crippen molar-refractivity contribution in [3.8, 4) is 0 Å². The molecule has 5 nitrogen and oxygen atoms in total. The number of pyridine rings is 1. The van der Waals surface area contributed by atoms with Gasteiger partial charge in [0, 0.05) is 22.7 Å². The molecule has 0 aliphatic heterocycles. The Labute approximate surface area is 117 Å². The highest BCUT2D eigenvalue weighted by molar-refractivity contribution is 8.00. The normalized spacial score (nSPS) is 10.4. The second kappa shape index (κ2) is 6.03. The molecule has 0 saturated heterocycles. The first-order valence-corrected chi connectivity index (χ1v) is 7.11. The first kappa shape index (κ1) is 13.8. The first-order valence-electron chi connectivity index (χ1n) is 5.31. The van der Waals surface area contributed by atoms with E-state index in [1.807, 2.05) is 0 Å². The third-order valence-electron chi connectivity index (χ3n) is 2.37. The van der Waals surface area contributed by atoms with E-state index in [9.17, 15) is 9.59 Å². The summed E-state index contributed by atoms with van der Waals surface area (Å²) in [7, 11) is 2.69. The molecule has 2 aromatic rings. The van der Waals surface area contributed by atoms with E-state index < -0.39 is 0 Å². The summed E-state index contributed by atoms with van der Waals surface area (Å²) >= 11 is 2.65. The van der Waals surface area contributed by atoms with Crippen LogP contribution in [0.25, 0.3) is 10.1 Å². The average Bonchev–Trinajstić information content (AvgIpc) is 2.88. The van der Waals surface area contributed by atoms with Crippen molar-refractivity contribution in [3.05, 3.63) is 23.3 Å². The third-order valence-corrected chi connectivity index (χ3v) is 4.44. The highest BCUT2D eigenvalue weighted by Crippen LogP contribution is 2.33. The summed E-state index contributed by atoms with van der Waals surface area (Å²) in [4.78, 5) is 28.1. The van der Waals surface area contributed by atoms with Crippen LogP contribution in [0, 0.1) is 0 Å². The molecule has 0 atom stereocenters. The number of nitrogens with zero attached hydrogens (tertiary/aromatic N) is 1. The van der Waals surface area contributed by atoms with Gasteiger partial charge in [0.1, 0.15) is 4.88 Å². The monoisotopic (exact) mass is 297 g/mol. The van der Waals surface area contributed by atoms with E-state index >= 15 is 0 Å². The van der Waals surface area contributed by atoms with Crippen LogP contribution in [-0.4, -0.2) is 36.9 Å². The number of thioether (sulfide) groups is 1. The van der Waals surface area contributed by atoms with Crippen LogP contribution in [0.2, 0.25) is 0 Å². The van der Waals surface area contributed by atoms with Crippen molar-refractivity contribution in [2.24, 2.45) is 0 Å². The van der Waals surface area contributed by atoms with Crippen LogP contribution in [0.15, 0.2) is 23.4 Å². The van der Waals surface area contributed by atoms with Crippen LogP contribution in [0.4, 0.5) is 0 Å². The number of fused-ring (bicyclic) bond motifs is 1. The number of hydrogen-bond acceptors (Lipinski definition) is 7. The summed E-state index contributed by atoms with van der Waals surface area (Å²) in [5.41, 5.74) is 0. The first-order chi connectivity index (χ1) is 9.15. The van der Waals surface area contributed by atoms with Gasteiger partial charge in [-0.2, -0.15) is 0 Å². The third kappa shape index (κ3) is 3.05. The Morgan fingerprint density at radius 2 is 2.11 bits per heavy atom. The molecule has 0 aromatic carbocycles. The molecule has 0 aliphatic carbocycles. The molecule has 0 N–H and O–H groups in total. The van der Waals surface area contributed by atoms with Crippen molar-refractivity contribution in [2.45, 2.75) is 4.90 Å². The molecular formula is C12H11NO4S2. The molecule has 0 unspecified atom stereocenters. The maximum Gasteiger partial charge on any atom is 0.348 e. The molecule has 0 aliphatic rings. The minimum atomic E-state index is -0.370. The van der Waals surface area contributed by atoms with Crippen LogP contribution < -0.4 is 0 Å². The van der Waals surface area contributed by atoms with Crippen LogP contribution in [-0.2, 0) is 14.3 Å². The molecule has 19 heavy (non-hydrogen) atoms. The highest BCUT2D eigenvalue weighted by atomic mass is 32.2. The lowest BCUT2D eigenvalue weighted by Gasteiger charge is -2.01. The molecule has 0 spiro atoms. The molecule has 2 rings (SSSR count). The van der Waals surface area contributed by atoms with Gasteiger partial charge in [-0.3, -0.25) is 9.78 Å². The second-order valence-corrected chi connectivity index (χ2v) is 5.62. The molecule has 2 heterocycles. The standard InChI is InChI=1S/C12H11NO4S2/c1-16-11(14)6-18-9-4-13-5-10-7(9)3-8(19-10)12(15)17-2/h3-5H,6H2,1-2H3. The van der Waals surface area contributed by atoms with E-state index in [4.69, 9.17) is 4.74 Å². The van der Waals surface area contributed by atoms with Crippen LogP contribution in [0.5, 0.6) is 0 Å². The Morgan fingerprint density at radius 3 is 2.79 bits per heavy atom. The van der Waals surface area contributed by atoms with Gasteiger partial charge in [-0.15, -0.1) is 23.1 Å². The maximum absolute atomic E-state index is 11.5. The highest BCUT2D eigenvalue weighted by Gasteiger charge is 2.14. The lowest BCUT2D eigenvalue weighted by molar-refractivity contribution is -0.137. The summed E-state index contributed by atoms with van der Waals surface area (Å²) in [6.07, 6.45) is 3.36. The zero-order chi connectivity index (χ0) is 13.8. The number of carbonyl (C=O) groups is 2. The van der Waals surface area contributed by atoms with Crippen LogP contribution in [0.1, 0.15) is 9.67 Å². The number of thiophene rings is 1. The summed E-state index contributed by atoms with van der Waals surface area (Å²) in [6.45, 7) is 0. The molecule has 0 saturated carbocycles. The molecule has 2 aromatic heterocycles. The minimum Gasteiger partial charge on any atom is -0.468 e. The Kier molecular flexibility index (Phi) is 4.39. The molecule has 7 heteroatoms. The van der Waals surface area contributed by atoms with E-state index in [1.54, 1.807) is 18.5 Å². The van der Waals surface area contributed by atoms with Crippen LogP contribution >= 0.6 is 23.1 Å². The Morgan fingerprint density at radius 1 is 1.32 bits per heavy atom. The summed E-state index contributed by atoms with van der Waals surface area (Å²) < 4.78 is 10.2. The van der Waals surface area contributed by atoms with E-state index in [2.05, 4.69) is 9.72 Å². The quantitative estimate of drug-likeness (QED) is 0.637. The zero-order valence-corrected chi connectivity index (χ0v) is 12.0. The SMILES string of the molecule is COC(=O)CSc1cncc2sc(C(=O)OC)cc12. The van der Waals surface area contributed by atoms with Gasteiger partial charge in [0.15, 0.2) is 0 Å². The van der Waals surface area contributed by atoms with E-state index in [1.165, 1.54) is 37.3 Å². The van der Waals surface area contributed by atoms with Gasteiger partial charge in [-0.05, 0) is 6.07 Å². The Balaban J connectivity index is 2.31. The number of methoxy groups -OCH3 is 2. The molecule has 100 valence electrons. The van der Waals surface area contributed by atoms with Gasteiger partial charge >= 0.3 is 11.9 Å². The summed E-state index contributed by atoms with van der Waals surface area (Å²) in [5.74, 6) is -0.462. The average molecular weight is 297 g/mol. The minimum absolute atomic E-state index is 0.209. The van der Waals surface area contributed by atoms with Gasteiger partial charge in [-0.25, -0.2) is 4.79 Å². The topological polar surface area (TPSA) is 65.5 Å². The number of carbonyl (C=O) groups excluding carboxylic acids is 2. The van der Waals surface area contributed by atoms with E-state index in [-0.39, 0.29) is 17.7 Å². The van der Waals surface area contributed by atoms with E-state index in [0.717, 1.165) is 15.0 Å². The van der Waals surface area contributed by atoms with Crippen LogP contribution in [0.3, 0.4) is 0 Å². The summed E-state index contributed by atoms with van der Waals surface area (Å²) in [6, 6.07) is 1.76. The van der Waals surface area contributed by atoms with Gasteiger partial charge in [0.25, 0.3) is 0 Å². The van der Waals surface area contributed by atoms with Crippen molar-refractivity contribution in [2.75, 3.05) is 20.0 Å². The summed E-state index contributed by atoms with van der Waals surface area (Å²) in [5, 5.41) is 0.898. The van der Waals surface area contributed by atoms with Crippen molar-refractivity contribution in [1.82, 2.24) is 4.98 Å². The smallest absolute Gasteiger partial charge is 0.348 e. The predicted molar refractivity (Wildman–Crippen MR) is 73.7 cm³/mol. The van der Waals surface area contributed by atoms with E-state index in [0.29, 0.717) is 4.88 Å². The fourth-order valence-corrected chi connectivity index (χ4v) is 3.34. The molecule has 0 radical (unpaired) electrons. The number of rotatable bonds is 4. The van der Waals surface area contributed by atoms with Crippen molar-refractivity contribution in [3.63, 3.8) is 0 Å². The Hall–Kier alpha value is -1.60.